The van der Waals surface area contributed by atoms with Crippen molar-refractivity contribution < 1.29 is 0 Å². The van der Waals surface area contributed by atoms with Gasteiger partial charge in [0.1, 0.15) is 0 Å². The van der Waals surface area contributed by atoms with E-state index in [1.165, 1.54) is 0 Å². The maximum absolute atomic E-state index is 8.02. The van der Waals surface area contributed by atoms with Crippen molar-refractivity contribution in [1.82, 2.24) is 0 Å². The Bertz CT molecular complexity index is 145. The summed E-state index contributed by atoms with van der Waals surface area (Å²) in [5.41, 5.74) is 8.02. The molecule has 0 bridgehead atoms. The van der Waals surface area contributed by atoms with Gasteiger partial charge in [-0.1, -0.05) is 37.5 Å². The van der Waals surface area contributed by atoms with Crippen LogP contribution in [0.15, 0.2) is 17.3 Å². The number of azide groups is 1. The van der Waals surface area contributed by atoms with Gasteiger partial charge in [0.2, 0.25) is 0 Å². The van der Waals surface area contributed by atoms with Crippen LogP contribution in [0.1, 0.15) is 26.7 Å². The topological polar surface area (TPSA) is 48.8 Å². The Kier molecular flexibility index (Phi) is 5.59. The first-order chi connectivity index (χ1) is 4.81. The first-order valence-electron chi connectivity index (χ1n) is 3.52. The second-order valence-electron chi connectivity index (χ2n) is 2.16. The summed E-state index contributed by atoms with van der Waals surface area (Å²) >= 11 is 0. The van der Waals surface area contributed by atoms with Crippen molar-refractivity contribution in [3.05, 3.63) is 22.6 Å². The van der Waals surface area contributed by atoms with E-state index < -0.39 is 0 Å². The van der Waals surface area contributed by atoms with Crippen LogP contribution in [-0.2, 0) is 0 Å². The van der Waals surface area contributed by atoms with E-state index in [-0.39, 0.29) is 6.04 Å². The molecular formula is C7H13N3. The van der Waals surface area contributed by atoms with Gasteiger partial charge < -0.3 is 0 Å². The molecule has 0 spiro atoms. The van der Waals surface area contributed by atoms with Crippen molar-refractivity contribution in [2.45, 2.75) is 32.7 Å². The Morgan fingerprint density at radius 1 is 1.70 bits per heavy atom. The molecule has 0 aromatic heterocycles. The molecule has 0 aliphatic rings. The SMILES string of the molecule is CCC/C=C/C(C)N=[N+]=[N-]. The van der Waals surface area contributed by atoms with E-state index >= 15 is 0 Å². The van der Waals surface area contributed by atoms with Crippen molar-refractivity contribution in [3.63, 3.8) is 0 Å². The van der Waals surface area contributed by atoms with Gasteiger partial charge in [-0.2, -0.15) is 0 Å². The first-order valence-corrected chi connectivity index (χ1v) is 3.52. The molecule has 0 rings (SSSR count). The predicted molar refractivity (Wildman–Crippen MR) is 42.7 cm³/mol. The fourth-order valence-corrected chi connectivity index (χ4v) is 0.580. The molecule has 0 radical (unpaired) electrons. The van der Waals surface area contributed by atoms with Gasteiger partial charge in [-0.25, -0.2) is 0 Å². The molecule has 0 heterocycles. The fraction of sp³-hybridized carbons (Fsp3) is 0.714. The number of allylic oxidation sites excluding steroid dienone is 1. The maximum Gasteiger partial charge on any atom is 0.0526 e. The zero-order valence-electron chi connectivity index (χ0n) is 6.49. The number of rotatable bonds is 4. The molecule has 3 nitrogen and oxygen atoms in total. The zero-order chi connectivity index (χ0) is 7.82. The third-order valence-electron chi connectivity index (χ3n) is 1.10. The molecule has 10 heavy (non-hydrogen) atoms. The lowest BCUT2D eigenvalue weighted by Gasteiger charge is -1.91. The van der Waals surface area contributed by atoms with Crippen molar-refractivity contribution in [2.24, 2.45) is 5.11 Å². The van der Waals surface area contributed by atoms with Gasteiger partial charge >= 0.3 is 0 Å². The number of hydrogen-bond donors (Lipinski definition) is 0. The van der Waals surface area contributed by atoms with Crippen LogP contribution in [0.4, 0.5) is 0 Å². The number of unbranched alkanes of at least 4 members (excludes halogenated alkanes) is 1. The Morgan fingerprint density at radius 3 is 2.90 bits per heavy atom. The van der Waals surface area contributed by atoms with E-state index in [2.05, 4.69) is 16.9 Å². The molecule has 0 N–H and O–H groups in total. The third-order valence-corrected chi connectivity index (χ3v) is 1.10. The average Bonchev–Trinajstić information content (AvgIpc) is 1.89. The predicted octanol–water partition coefficient (Wildman–Crippen LogP) is 3.04. The van der Waals surface area contributed by atoms with E-state index in [4.69, 9.17) is 5.53 Å². The van der Waals surface area contributed by atoms with Gasteiger partial charge in [0.25, 0.3) is 0 Å². The summed E-state index contributed by atoms with van der Waals surface area (Å²) in [7, 11) is 0. The molecule has 0 aromatic carbocycles. The Balaban J connectivity index is 3.54. The second-order valence-corrected chi connectivity index (χ2v) is 2.16. The Morgan fingerprint density at radius 2 is 2.40 bits per heavy atom. The van der Waals surface area contributed by atoms with E-state index in [1.54, 1.807) is 0 Å². The van der Waals surface area contributed by atoms with Crippen LogP contribution in [0.3, 0.4) is 0 Å². The Labute approximate surface area is 61.4 Å². The summed E-state index contributed by atoms with van der Waals surface area (Å²) in [6.45, 7) is 3.98. The van der Waals surface area contributed by atoms with E-state index in [0.717, 1.165) is 12.8 Å². The van der Waals surface area contributed by atoms with Crippen LogP contribution in [0.5, 0.6) is 0 Å². The molecule has 0 aliphatic carbocycles. The number of hydrogen-bond acceptors (Lipinski definition) is 1. The summed E-state index contributed by atoms with van der Waals surface area (Å²) in [6, 6.07) is -0.00319. The van der Waals surface area contributed by atoms with Crippen LogP contribution in [-0.4, -0.2) is 6.04 Å². The smallest absolute Gasteiger partial charge is 0.0526 e. The first kappa shape index (κ1) is 9.05. The van der Waals surface area contributed by atoms with E-state index in [9.17, 15) is 0 Å². The van der Waals surface area contributed by atoms with Crippen molar-refractivity contribution >= 4 is 0 Å². The standard InChI is InChI=1S/C7H13N3/c1-3-4-5-6-7(2)9-10-8/h5-7H,3-4H2,1-2H3/b6-5+. The summed E-state index contributed by atoms with van der Waals surface area (Å²) < 4.78 is 0. The maximum atomic E-state index is 8.02. The lowest BCUT2D eigenvalue weighted by atomic mass is 10.2. The molecular weight excluding hydrogens is 126 g/mol. The van der Waals surface area contributed by atoms with Crippen LogP contribution in [0.2, 0.25) is 0 Å². The van der Waals surface area contributed by atoms with Gasteiger partial charge in [-0.3, -0.25) is 0 Å². The average molecular weight is 139 g/mol. The molecule has 0 amide bonds. The molecule has 1 atom stereocenters. The van der Waals surface area contributed by atoms with Crippen LogP contribution in [0.25, 0.3) is 10.4 Å². The summed E-state index contributed by atoms with van der Waals surface area (Å²) in [6.07, 6.45) is 6.16. The molecule has 0 saturated carbocycles. The highest BCUT2D eigenvalue weighted by Gasteiger charge is 1.86. The Hall–Kier alpha value is -0.950. The second kappa shape index (κ2) is 6.17. The molecule has 56 valence electrons. The number of nitrogens with zero attached hydrogens (tertiary/aromatic N) is 3. The minimum atomic E-state index is -0.00319. The minimum Gasteiger partial charge on any atom is -0.0882 e. The van der Waals surface area contributed by atoms with Crippen molar-refractivity contribution in [3.8, 4) is 0 Å². The zero-order valence-corrected chi connectivity index (χ0v) is 6.49. The van der Waals surface area contributed by atoms with Gasteiger partial charge in [0.05, 0.1) is 6.04 Å². The highest BCUT2D eigenvalue weighted by atomic mass is 15.1. The summed E-state index contributed by atoms with van der Waals surface area (Å²) in [4.78, 5) is 2.69. The van der Waals surface area contributed by atoms with Crippen molar-refractivity contribution in [2.75, 3.05) is 0 Å². The third kappa shape index (κ3) is 5.19. The largest absolute Gasteiger partial charge is 0.0882 e. The highest BCUT2D eigenvalue weighted by Crippen LogP contribution is 1.95. The summed E-state index contributed by atoms with van der Waals surface area (Å²) in [5, 5.41) is 3.49. The normalized spacial score (nSPS) is 13.0. The monoisotopic (exact) mass is 139 g/mol. The van der Waals surface area contributed by atoms with Gasteiger partial charge in [0, 0.05) is 4.91 Å². The van der Waals surface area contributed by atoms with Gasteiger partial charge in [0.15, 0.2) is 0 Å². The molecule has 0 aromatic rings. The molecule has 0 fully saturated rings. The molecule has 1 unspecified atom stereocenters. The lowest BCUT2D eigenvalue weighted by Crippen LogP contribution is -1.87. The van der Waals surface area contributed by atoms with Crippen LogP contribution < -0.4 is 0 Å². The quantitative estimate of drug-likeness (QED) is 0.249. The van der Waals surface area contributed by atoms with Crippen LogP contribution in [0, 0.1) is 0 Å². The minimum absolute atomic E-state index is 0.00319. The fourth-order valence-electron chi connectivity index (χ4n) is 0.580. The van der Waals surface area contributed by atoms with Gasteiger partial charge in [-0.15, -0.1) is 0 Å². The molecule has 3 heteroatoms. The van der Waals surface area contributed by atoms with E-state index in [1.807, 2.05) is 19.1 Å². The summed E-state index contributed by atoms with van der Waals surface area (Å²) in [5.74, 6) is 0. The van der Waals surface area contributed by atoms with Crippen LogP contribution >= 0.6 is 0 Å². The van der Waals surface area contributed by atoms with E-state index in [0.29, 0.717) is 0 Å². The highest BCUT2D eigenvalue weighted by molar-refractivity contribution is 4.90. The van der Waals surface area contributed by atoms with Gasteiger partial charge in [-0.05, 0) is 12.0 Å². The lowest BCUT2D eigenvalue weighted by molar-refractivity contribution is 0.887. The molecule has 0 aliphatic heterocycles. The molecule has 0 saturated heterocycles. The van der Waals surface area contributed by atoms with Crippen molar-refractivity contribution in [1.29, 1.82) is 0 Å².